The maximum Gasteiger partial charge on any atom is 0.0156 e. The van der Waals surface area contributed by atoms with Crippen molar-refractivity contribution >= 4 is 27.1 Å². The molecule has 0 aromatic heterocycles. The first-order valence-electron chi connectivity index (χ1n) is 12.2. The summed E-state index contributed by atoms with van der Waals surface area (Å²) in [6.45, 7) is 18.0. The van der Waals surface area contributed by atoms with Crippen LogP contribution >= 0.6 is 0 Å². The second-order valence-electron chi connectivity index (χ2n) is 9.22. The lowest BCUT2D eigenvalue weighted by Crippen LogP contribution is -2.22. The third-order valence-electron chi connectivity index (χ3n) is 7.22. The van der Waals surface area contributed by atoms with Gasteiger partial charge in [-0.05, 0) is 79.8 Å². The molecule has 0 saturated carbocycles. The Morgan fingerprint density at radius 3 is 1.75 bits per heavy atom. The molecule has 0 spiro atoms. The Labute approximate surface area is 194 Å². The molecule has 0 heterocycles. The monoisotopic (exact) mass is 420 g/mol. The van der Waals surface area contributed by atoms with Crippen LogP contribution in [-0.4, -0.2) is 0 Å². The molecule has 1 aliphatic rings. The van der Waals surface area contributed by atoms with E-state index in [-0.39, 0.29) is 5.41 Å². The largest absolute Gasteiger partial charge is 0.0949 e. The SMILES string of the molecule is C=C1Cc2c(cc(CC)c3ccccc23)C(C)(C)c2cc(CC)c3ccccc3c21.CC. The number of hydrogen-bond donors (Lipinski definition) is 0. The molecule has 0 radical (unpaired) electrons. The summed E-state index contributed by atoms with van der Waals surface area (Å²) in [5.74, 6) is 0. The Balaban J connectivity index is 0.00000119. The summed E-state index contributed by atoms with van der Waals surface area (Å²) in [7, 11) is 0. The van der Waals surface area contributed by atoms with E-state index in [0.717, 1.165) is 19.3 Å². The topological polar surface area (TPSA) is 0 Å². The zero-order valence-corrected chi connectivity index (χ0v) is 20.6. The van der Waals surface area contributed by atoms with E-state index >= 15 is 0 Å². The summed E-state index contributed by atoms with van der Waals surface area (Å²) in [6.07, 6.45) is 3.00. The van der Waals surface area contributed by atoms with E-state index in [4.69, 9.17) is 0 Å². The van der Waals surface area contributed by atoms with Crippen molar-refractivity contribution in [2.24, 2.45) is 0 Å². The highest BCUT2D eigenvalue weighted by molar-refractivity contribution is 6.00. The molecule has 0 bridgehead atoms. The Hall–Kier alpha value is -2.86. The van der Waals surface area contributed by atoms with E-state index in [0.29, 0.717) is 0 Å². The van der Waals surface area contributed by atoms with Crippen LogP contribution in [0.1, 0.15) is 74.9 Å². The number of benzene rings is 4. The van der Waals surface area contributed by atoms with Gasteiger partial charge in [0.1, 0.15) is 0 Å². The van der Waals surface area contributed by atoms with Crippen molar-refractivity contribution in [3.63, 3.8) is 0 Å². The molecule has 0 fully saturated rings. The number of fused-ring (bicyclic) bond motifs is 6. The number of aryl methyl sites for hydroxylation is 2. The second-order valence-corrected chi connectivity index (χ2v) is 9.22. The van der Waals surface area contributed by atoms with Gasteiger partial charge < -0.3 is 0 Å². The lowest BCUT2D eigenvalue weighted by atomic mass is 9.73. The predicted octanol–water partition coefficient (Wildman–Crippen LogP) is 9.04. The van der Waals surface area contributed by atoms with E-state index < -0.39 is 0 Å². The maximum atomic E-state index is 4.63. The van der Waals surface area contributed by atoms with Gasteiger partial charge in [-0.1, -0.05) is 109 Å². The minimum Gasteiger partial charge on any atom is -0.0949 e. The molecule has 164 valence electrons. The van der Waals surface area contributed by atoms with Gasteiger partial charge in [0.2, 0.25) is 0 Å². The highest BCUT2D eigenvalue weighted by Gasteiger charge is 2.34. The fraction of sp³-hybridized carbons (Fsp3) is 0.312. The van der Waals surface area contributed by atoms with E-state index in [1.54, 1.807) is 0 Å². The van der Waals surface area contributed by atoms with Crippen molar-refractivity contribution in [3.8, 4) is 0 Å². The van der Waals surface area contributed by atoms with Crippen LogP contribution in [0, 0.1) is 0 Å². The number of allylic oxidation sites excluding steroid dienone is 1. The van der Waals surface area contributed by atoms with Crippen molar-refractivity contribution in [1.82, 2.24) is 0 Å². The van der Waals surface area contributed by atoms with Gasteiger partial charge in [-0.3, -0.25) is 0 Å². The van der Waals surface area contributed by atoms with Crippen LogP contribution < -0.4 is 0 Å². The molecule has 32 heavy (non-hydrogen) atoms. The predicted molar refractivity (Wildman–Crippen MR) is 143 cm³/mol. The maximum absolute atomic E-state index is 4.63. The zero-order chi connectivity index (χ0) is 23.0. The summed E-state index contributed by atoms with van der Waals surface area (Å²) < 4.78 is 0. The van der Waals surface area contributed by atoms with Gasteiger partial charge >= 0.3 is 0 Å². The summed E-state index contributed by atoms with van der Waals surface area (Å²) in [6, 6.07) is 22.8. The average molecular weight is 421 g/mol. The molecule has 5 rings (SSSR count). The summed E-state index contributed by atoms with van der Waals surface area (Å²) in [4.78, 5) is 0. The molecular weight excluding hydrogens is 384 g/mol. The van der Waals surface area contributed by atoms with Gasteiger partial charge in [0.05, 0.1) is 0 Å². The molecular formula is C32H36. The standard InChI is InChI=1S/C30H30.C2H6/c1-6-20-17-27-26(24-14-10-8-12-22(20)24)16-19(3)29-25-15-11-9-13-23(25)21(7-2)18-28(29)30(27,4)5;1-2/h8-15,17-18H,3,6-7,16H2,1-2,4-5H3;1-2H3. The molecule has 0 amide bonds. The van der Waals surface area contributed by atoms with E-state index in [1.807, 2.05) is 13.8 Å². The molecule has 0 heteroatoms. The number of rotatable bonds is 2. The molecule has 0 N–H and O–H groups in total. The van der Waals surface area contributed by atoms with E-state index in [9.17, 15) is 0 Å². The highest BCUT2D eigenvalue weighted by Crippen LogP contribution is 2.47. The van der Waals surface area contributed by atoms with Crippen molar-refractivity contribution in [2.45, 2.75) is 66.2 Å². The van der Waals surface area contributed by atoms with Crippen LogP contribution in [0.15, 0.2) is 67.2 Å². The zero-order valence-electron chi connectivity index (χ0n) is 20.6. The van der Waals surface area contributed by atoms with Crippen molar-refractivity contribution in [2.75, 3.05) is 0 Å². The van der Waals surface area contributed by atoms with E-state index in [1.165, 1.54) is 60.5 Å². The minimum absolute atomic E-state index is 0.0774. The Morgan fingerprint density at radius 1 is 0.719 bits per heavy atom. The van der Waals surface area contributed by atoms with Gasteiger partial charge in [0, 0.05) is 5.41 Å². The fourth-order valence-electron chi connectivity index (χ4n) is 5.61. The third-order valence-corrected chi connectivity index (χ3v) is 7.22. The smallest absolute Gasteiger partial charge is 0.0156 e. The van der Waals surface area contributed by atoms with Crippen molar-refractivity contribution in [1.29, 1.82) is 0 Å². The first kappa shape index (κ1) is 22.3. The summed E-state index contributed by atoms with van der Waals surface area (Å²) >= 11 is 0. The van der Waals surface area contributed by atoms with E-state index in [2.05, 4.69) is 94.9 Å². The third kappa shape index (κ3) is 3.28. The van der Waals surface area contributed by atoms with Crippen LogP contribution in [0.2, 0.25) is 0 Å². The van der Waals surface area contributed by atoms with Crippen LogP contribution in [-0.2, 0) is 24.7 Å². The van der Waals surface area contributed by atoms with Crippen LogP contribution in [0.5, 0.6) is 0 Å². The van der Waals surface area contributed by atoms with Gasteiger partial charge in [-0.15, -0.1) is 0 Å². The van der Waals surface area contributed by atoms with Gasteiger partial charge in [-0.25, -0.2) is 0 Å². The van der Waals surface area contributed by atoms with Crippen LogP contribution in [0.4, 0.5) is 0 Å². The average Bonchev–Trinajstić information content (AvgIpc) is 2.91. The van der Waals surface area contributed by atoms with Crippen molar-refractivity contribution < 1.29 is 0 Å². The van der Waals surface area contributed by atoms with Crippen LogP contribution in [0.3, 0.4) is 0 Å². The first-order valence-corrected chi connectivity index (χ1v) is 12.2. The quantitative estimate of drug-likeness (QED) is 0.303. The fourth-order valence-corrected chi connectivity index (χ4v) is 5.61. The molecule has 0 saturated heterocycles. The van der Waals surface area contributed by atoms with Crippen molar-refractivity contribution in [3.05, 3.63) is 101 Å². The van der Waals surface area contributed by atoms with Gasteiger partial charge in [-0.2, -0.15) is 0 Å². The first-order chi connectivity index (χ1) is 15.5. The van der Waals surface area contributed by atoms with Gasteiger partial charge in [0.25, 0.3) is 0 Å². The number of hydrogen-bond acceptors (Lipinski definition) is 0. The molecule has 0 aliphatic heterocycles. The molecule has 4 aromatic rings. The molecule has 0 atom stereocenters. The molecule has 1 aliphatic carbocycles. The Kier molecular flexibility index (Phi) is 5.99. The molecule has 0 nitrogen and oxygen atoms in total. The van der Waals surface area contributed by atoms with Gasteiger partial charge in [0.15, 0.2) is 0 Å². The lowest BCUT2D eigenvalue weighted by Gasteiger charge is -2.31. The lowest BCUT2D eigenvalue weighted by molar-refractivity contribution is 0.637. The molecule has 0 unspecified atom stereocenters. The summed E-state index contributed by atoms with van der Waals surface area (Å²) in [5.41, 5.74) is 9.77. The highest BCUT2D eigenvalue weighted by atomic mass is 14.4. The normalized spacial score (nSPS) is 14.4. The Morgan fingerprint density at radius 2 is 1.19 bits per heavy atom. The second kappa shape index (κ2) is 8.58. The molecule has 4 aromatic carbocycles. The Bertz CT molecular complexity index is 1320. The minimum atomic E-state index is -0.0774. The summed E-state index contributed by atoms with van der Waals surface area (Å²) in [5, 5.41) is 5.53. The van der Waals surface area contributed by atoms with Crippen LogP contribution in [0.25, 0.3) is 27.1 Å².